The molecule has 0 radical (unpaired) electrons. The lowest BCUT2D eigenvalue weighted by atomic mass is 10.0. The number of likely N-dealkylation sites (N-methyl/N-ethyl adjacent to an activating group) is 1. The molecule has 0 saturated heterocycles. The number of hydrogen-bond donors (Lipinski definition) is 2. The van der Waals surface area contributed by atoms with Gasteiger partial charge >= 0.3 is 12.1 Å². The maximum Gasteiger partial charge on any atom is 0.415 e. The molecule has 166 valence electrons. The summed E-state index contributed by atoms with van der Waals surface area (Å²) in [5.74, 6) is -1.07. The third-order valence-corrected chi connectivity index (χ3v) is 5.64. The summed E-state index contributed by atoms with van der Waals surface area (Å²) in [4.78, 5) is 14.5. The van der Waals surface area contributed by atoms with Gasteiger partial charge in [0.2, 0.25) is 0 Å². The SMILES string of the molecule is C=C(/C=C\C(=C/N)CC(C(=O)O)n1c2c(c3cc(C)ccc31)CN(C)CC2)C(F)(F)F. The Morgan fingerprint density at radius 1 is 1.35 bits per heavy atom. The van der Waals surface area contributed by atoms with Crippen LogP contribution in [0.3, 0.4) is 0 Å². The monoisotopic (exact) mass is 433 g/mol. The van der Waals surface area contributed by atoms with E-state index in [1.807, 2.05) is 30.7 Å². The summed E-state index contributed by atoms with van der Waals surface area (Å²) in [5, 5.41) is 11.0. The van der Waals surface area contributed by atoms with Gasteiger partial charge in [-0.3, -0.25) is 0 Å². The minimum atomic E-state index is -4.55. The first kappa shape index (κ1) is 22.7. The zero-order chi connectivity index (χ0) is 22.9. The number of alkyl halides is 3. The number of carboxylic acid groups (broad SMARTS) is 1. The molecule has 1 unspecified atom stereocenters. The first-order valence-corrected chi connectivity index (χ1v) is 9.91. The molecule has 0 bridgehead atoms. The normalized spacial score (nSPS) is 16.6. The highest BCUT2D eigenvalue weighted by Crippen LogP contribution is 2.36. The van der Waals surface area contributed by atoms with E-state index in [0.29, 0.717) is 13.0 Å². The van der Waals surface area contributed by atoms with Gasteiger partial charge in [-0.25, -0.2) is 4.79 Å². The van der Waals surface area contributed by atoms with Crippen molar-refractivity contribution in [3.05, 3.63) is 71.1 Å². The summed E-state index contributed by atoms with van der Waals surface area (Å²) in [7, 11) is 2.02. The van der Waals surface area contributed by atoms with E-state index in [4.69, 9.17) is 5.73 Å². The molecule has 31 heavy (non-hydrogen) atoms. The zero-order valence-corrected chi connectivity index (χ0v) is 17.5. The van der Waals surface area contributed by atoms with Gasteiger partial charge in [0.1, 0.15) is 6.04 Å². The van der Waals surface area contributed by atoms with E-state index < -0.39 is 23.8 Å². The van der Waals surface area contributed by atoms with Gasteiger partial charge in [0.05, 0.1) is 0 Å². The number of aliphatic carboxylic acids is 1. The maximum absolute atomic E-state index is 12.7. The number of carbonyl (C=O) groups is 1. The Hall–Kier alpha value is -3.00. The molecule has 1 aromatic heterocycles. The Balaban J connectivity index is 2.05. The van der Waals surface area contributed by atoms with Crippen molar-refractivity contribution in [2.45, 2.75) is 38.5 Å². The fourth-order valence-corrected chi connectivity index (χ4v) is 4.00. The van der Waals surface area contributed by atoms with Crippen LogP contribution in [0.15, 0.2) is 54.3 Å². The number of halogens is 3. The van der Waals surface area contributed by atoms with Gasteiger partial charge in [0.25, 0.3) is 0 Å². The molecule has 2 aromatic rings. The van der Waals surface area contributed by atoms with Crippen molar-refractivity contribution in [3.8, 4) is 0 Å². The fraction of sp³-hybridized carbons (Fsp3) is 0.348. The summed E-state index contributed by atoms with van der Waals surface area (Å²) >= 11 is 0. The predicted octanol–water partition coefficient (Wildman–Crippen LogP) is 4.47. The van der Waals surface area contributed by atoms with Crippen LogP contribution < -0.4 is 5.73 Å². The smallest absolute Gasteiger partial charge is 0.415 e. The predicted molar refractivity (Wildman–Crippen MR) is 115 cm³/mol. The molecule has 2 heterocycles. The number of rotatable bonds is 6. The quantitative estimate of drug-likeness (QED) is 0.660. The number of nitrogens with zero attached hydrogens (tertiary/aromatic N) is 2. The molecule has 1 atom stereocenters. The lowest BCUT2D eigenvalue weighted by Crippen LogP contribution is -2.29. The summed E-state index contributed by atoms with van der Waals surface area (Å²) in [6, 6.07) is 4.89. The zero-order valence-electron chi connectivity index (χ0n) is 17.5. The fourth-order valence-electron chi connectivity index (χ4n) is 4.00. The Kier molecular flexibility index (Phi) is 6.31. The number of fused-ring (bicyclic) bond motifs is 3. The molecule has 0 aliphatic carbocycles. The van der Waals surface area contributed by atoms with Crippen LogP contribution in [-0.2, 0) is 17.8 Å². The van der Waals surface area contributed by atoms with E-state index >= 15 is 0 Å². The van der Waals surface area contributed by atoms with Crippen molar-refractivity contribution in [2.75, 3.05) is 13.6 Å². The van der Waals surface area contributed by atoms with Crippen molar-refractivity contribution in [2.24, 2.45) is 5.73 Å². The highest BCUT2D eigenvalue weighted by Gasteiger charge is 2.31. The van der Waals surface area contributed by atoms with Crippen molar-refractivity contribution < 1.29 is 23.1 Å². The van der Waals surface area contributed by atoms with Crippen molar-refractivity contribution >= 4 is 16.9 Å². The molecule has 0 amide bonds. The van der Waals surface area contributed by atoms with Crippen LogP contribution in [0.2, 0.25) is 0 Å². The molecule has 1 aromatic carbocycles. The summed E-state index contributed by atoms with van der Waals surface area (Å²) in [6.45, 7) is 6.49. The van der Waals surface area contributed by atoms with Crippen LogP contribution in [0.5, 0.6) is 0 Å². The van der Waals surface area contributed by atoms with Gasteiger partial charge in [0.15, 0.2) is 0 Å². The summed E-state index contributed by atoms with van der Waals surface area (Å²) in [6.07, 6.45) is -0.770. The number of nitrogens with two attached hydrogens (primary N) is 1. The number of aromatic nitrogens is 1. The molecule has 3 rings (SSSR count). The van der Waals surface area contributed by atoms with E-state index in [1.54, 1.807) is 0 Å². The molecule has 1 aliphatic rings. The van der Waals surface area contributed by atoms with Crippen molar-refractivity contribution in [3.63, 3.8) is 0 Å². The van der Waals surface area contributed by atoms with E-state index in [0.717, 1.165) is 46.5 Å². The topological polar surface area (TPSA) is 71.5 Å². The molecular weight excluding hydrogens is 407 g/mol. The van der Waals surface area contributed by atoms with Gasteiger partial charge in [-0.05, 0) is 43.4 Å². The minimum Gasteiger partial charge on any atom is -0.480 e. The van der Waals surface area contributed by atoms with Crippen molar-refractivity contribution in [1.82, 2.24) is 9.47 Å². The van der Waals surface area contributed by atoms with E-state index in [-0.39, 0.29) is 12.0 Å². The number of hydrogen-bond acceptors (Lipinski definition) is 3. The lowest BCUT2D eigenvalue weighted by Gasteiger charge is -2.26. The summed E-state index contributed by atoms with van der Waals surface area (Å²) < 4.78 is 40.0. The van der Waals surface area contributed by atoms with E-state index in [2.05, 4.69) is 17.5 Å². The second kappa shape index (κ2) is 8.63. The number of carboxylic acids is 1. The Labute approximate surface area is 178 Å². The molecule has 0 spiro atoms. The van der Waals surface area contributed by atoms with Crippen molar-refractivity contribution in [1.29, 1.82) is 0 Å². The van der Waals surface area contributed by atoms with E-state index in [9.17, 15) is 23.1 Å². The van der Waals surface area contributed by atoms with Gasteiger partial charge in [-0.2, -0.15) is 13.2 Å². The second-order valence-corrected chi connectivity index (χ2v) is 7.96. The van der Waals surface area contributed by atoms with Gasteiger partial charge < -0.3 is 20.3 Å². The largest absolute Gasteiger partial charge is 0.480 e. The average molecular weight is 433 g/mol. The maximum atomic E-state index is 12.7. The standard InChI is InChI=1S/C23H26F3N3O2/c1-14-4-7-19-17(10-14)18-13-28(3)9-8-20(18)29(19)21(22(30)31)11-16(12-27)6-5-15(2)23(24,25)26/h4-7,10,12,21H,2,8-9,11,13,27H2,1,3H3,(H,30,31)/b6-5-,16-12+. The Morgan fingerprint density at radius 2 is 2.06 bits per heavy atom. The molecule has 0 saturated carbocycles. The van der Waals surface area contributed by atoms with Crippen LogP contribution in [0, 0.1) is 6.92 Å². The second-order valence-electron chi connectivity index (χ2n) is 7.96. The first-order valence-electron chi connectivity index (χ1n) is 9.91. The molecular formula is C23H26F3N3O2. The third-order valence-electron chi connectivity index (χ3n) is 5.64. The van der Waals surface area contributed by atoms with E-state index in [1.165, 1.54) is 6.08 Å². The average Bonchev–Trinajstić information content (AvgIpc) is 2.99. The van der Waals surface area contributed by atoms with Crippen LogP contribution >= 0.6 is 0 Å². The Bertz CT molecular complexity index is 1080. The third kappa shape index (κ3) is 4.69. The van der Waals surface area contributed by atoms with Crippen LogP contribution in [0.4, 0.5) is 13.2 Å². The van der Waals surface area contributed by atoms with Gasteiger partial charge in [-0.1, -0.05) is 30.4 Å². The van der Waals surface area contributed by atoms with Gasteiger partial charge in [-0.15, -0.1) is 0 Å². The Morgan fingerprint density at radius 3 is 2.68 bits per heavy atom. The highest BCUT2D eigenvalue weighted by molar-refractivity contribution is 5.88. The number of allylic oxidation sites excluding steroid dienone is 4. The van der Waals surface area contributed by atoms with Crippen LogP contribution in [0.25, 0.3) is 10.9 Å². The summed E-state index contributed by atoms with van der Waals surface area (Å²) in [5.41, 5.74) is 8.81. The van der Waals surface area contributed by atoms with Crippen LogP contribution in [0.1, 0.15) is 29.3 Å². The highest BCUT2D eigenvalue weighted by atomic mass is 19.4. The van der Waals surface area contributed by atoms with Gasteiger partial charge in [0, 0.05) is 48.1 Å². The number of aryl methyl sites for hydroxylation is 1. The molecule has 5 nitrogen and oxygen atoms in total. The lowest BCUT2D eigenvalue weighted by molar-refractivity contribution is -0.140. The molecule has 1 aliphatic heterocycles. The molecule has 3 N–H and O–H groups in total. The minimum absolute atomic E-state index is 0.0482. The molecule has 8 heteroatoms. The number of benzene rings is 1. The van der Waals surface area contributed by atoms with Crippen LogP contribution in [-0.4, -0.2) is 40.3 Å². The first-order chi connectivity index (χ1) is 14.5. The molecule has 0 fully saturated rings.